The van der Waals surface area contributed by atoms with E-state index in [2.05, 4.69) is 6.07 Å². The quantitative estimate of drug-likeness (QED) is 0.796. The molecule has 0 bridgehead atoms. The molecule has 0 aliphatic rings. The Morgan fingerprint density at radius 3 is 2.41 bits per heavy atom. The van der Waals surface area contributed by atoms with Gasteiger partial charge in [0.2, 0.25) is 0 Å². The Balaban J connectivity index is 2.23. The predicted molar refractivity (Wildman–Crippen MR) is 69.2 cm³/mol. The summed E-state index contributed by atoms with van der Waals surface area (Å²) in [4.78, 5) is 0. The third kappa shape index (κ3) is 2.88. The molecule has 0 N–H and O–H groups in total. The zero-order valence-corrected chi connectivity index (χ0v) is 11.1. The van der Waals surface area contributed by atoms with Crippen LogP contribution in [0, 0.1) is 11.3 Å². The molecule has 0 saturated heterocycles. The Labute approximate surface area is 107 Å². The fraction of sp³-hybridized carbons (Fsp3) is 0.0714. The van der Waals surface area contributed by atoms with E-state index in [-0.39, 0.29) is 15.0 Å². The summed E-state index contributed by atoms with van der Waals surface area (Å²) in [5.41, 5.74) is 0.767. The van der Waals surface area contributed by atoms with E-state index in [0.29, 0.717) is 0 Å². The van der Waals surface area contributed by atoms with Crippen LogP contribution in [0.3, 0.4) is 0 Å². The van der Waals surface area contributed by atoms with Crippen LogP contribution in [0.25, 0.3) is 0 Å². The Hall–Kier alpha value is -1.75. The zero-order chi connectivity index (χ0) is 12.1. The zero-order valence-electron chi connectivity index (χ0n) is 9.38. The van der Waals surface area contributed by atoms with E-state index in [0.717, 1.165) is 15.8 Å². The summed E-state index contributed by atoms with van der Waals surface area (Å²) in [6.45, 7) is 0. The minimum atomic E-state index is 0.165. The first-order valence-electron chi connectivity index (χ1n) is 5.14. The fourth-order valence-corrected chi connectivity index (χ4v) is 3.30. The molecule has 84 valence electrons. The molecule has 0 radical (unpaired) electrons. The van der Waals surface area contributed by atoms with Crippen molar-refractivity contribution in [1.29, 1.82) is 5.26 Å². The van der Waals surface area contributed by atoms with Gasteiger partial charge in [-0.25, -0.2) is 0 Å². The van der Waals surface area contributed by atoms with Gasteiger partial charge in [-0.15, -0.1) is 0 Å². The second-order valence-electron chi connectivity index (χ2n) is 3.39. The van der Waals surface area contributed by atoms with Crippen molar-refractivity contribution < 1.29 is 4.74 Å². The molecular weight excluding hydrogens is 277 g/mol. The van der Waals surface area contributed by atoms with Crippen LogP contribution in [0.5, 0.6) is 5.75 Å². The molecule has 2 nitrogen and oxygen atoms in total. The van der Waals surface area contributed by atoms with Crippen molar-refractivity contribution in [1.82, 2.24) is 0 Å². The van der Waals surface area contributed by atoms with E-state index in [1.807, 2.05) is 48.5 Å². The number of ether oxygens (including phenoxy) is 1. The summed E-state index contributed by atoms with van der Waals surface area (Å²) in [7, 11) is 1.66. The third-order valence-electron chi connectivity index (χ3n) is 2.29. The topological polar surface area (TPSA) is 33.0 Å². The molecule has 0 fully saturated rings. The second-order valence-corrected chi connectivity index (χ2v) is 5.73. The van der Waals surface area contributed by atoms with Crippen molar-refractivity contribution in [3.05, 3.63) is 54.1 Å². The van der Waals surface area contributed by atoms with E-state index < -0.39 is 0 Å². The van der Waals surface area contributed by atoms with Crippen LogP contribution in [-0.2, 0) is 0 Å². The molecule has 0 saturated carbocycles. The van der Waals surface area contributed by atoms with Gasteiger partial charge in [0.05, 0.1) is 0 Å². The second kappa shape index (κ2) is 5.54. The first-order chi connectivity index (χ1) is 8.33. The molecule has 0 unspecified atom stereocenters. The SMILES string of the molecule is COc1ccc([Se]c2ccccc2C#N)cc1. The van der Waals surface area contributed by atoms with Gasteiger partial charge in [0.25, 0.3) is 0 Å². The monoisotopic (exact) mass is 289 g/mol. The van der Waals surface area contributed by atoms with Gasteiger partial charge in [0.1, 0.15) is 0 Å². The molecule has 17 heavy (non-hydrogen) atoms. The van der Waals surface area contributed by atoms with Crippen molar-refractivity contribution in [2.75, 3.05) is 7.11 Å². The third-order valence-corrected chi connectivity index (χ3v) is 4.57. The van der Waals surface area contributed by atoms with Gasteiger partial charge in [0, 0.05) is 0 Å². The number of methoxy groups -OCH3 is 1. The first-order valence-corrected chi connectivity index (χ1v) is 6.86. The normalized spacial score (nSPS) is 9.65. The maximum atomic E-state index is 9.02. The summed E-state index contributed by atoms with van der Waals surface area (Å²) in [5, 5.41) is 9.02. The molecule has 3 heteroatoms. The maximum absolute atomic E-state index is 9.02. The summed E-state index contributed by atoms with van der Waals surface area (Å²) < 4.78 is 7.47. The van der Waals surface area contributed by atoms with Crippen LogP contribution >= 0.6 is 0 Å². The number of hydrogen-bond acceptors (Lipinski definition) is 2. The predicted octanol–water partition coefficient (Wildman–Crippen LogP) is 1.22. The molecule has 0 amide bonds. The van der Waals surface area contributed by atoms with E-state index in [1.54, 1.807) is 7.11 Å². The Morgan fingerprint density at radius 1 is 1.06 bits per heavy atom. The Morgan fingerprint density at radius 2 is 1.76 bits per heavy atom. The summed E-state index contributed by atoms with van der Waals surface area (Å²) in [5.74, 6) is 0.859. The van der Waals surface area contributed by atoms with Crippen LogP contribution in [0.4, 0.5) is 0 Å². The van der Waals surface area contributed by atoms with E-state index in [1.165, 1.54) is 4.46 Å². The van der Waals surface area contributed by atoms with Gasteiger partial charge in [-0.3, -0.25) is 0 Å². The summed E-state index contributed by atoms with van der Waals surface area (Å²) in [6.07, 6.45) is 0. The van der Waals surface area contributed by atoms with Gasteiger partial charge < -0.3 is 0 Å². The first kappa shape index (κ1) is 11.7. The number of nitrogens with zero attached hydrogens (tertiary/aromatic N) is 1. The number of benzene rings is 2. The molecule has 0 aliphatic heterocycles. The average Bonchev–Trinajstić information content (AvgIpc) is 2.40. The molecule has 0 heterocycles. The van der Waals surface area contributed by atoms with Crippen LogP contribution < -0.4 is 13.7 Å². The fourth-order valence-electron chi connectivity index (χ4n) is 1.42. The number of rotatable bonds is 3. The number of nitriles is 1. The standard InChI is InChI=1S/C14H11NOSe/c1-16-12-6-8-13(9-7-12)17-14-5-3-2-4-11(14)10-15/h2-9H,1H3. The molecule has 0 atom stereocenters. The summed E-state index contributed by atoms with van der Waals surface area (Å²) in [6, 6.07) is 18.0. The van der Waals surface area contributed by atoms with E-state index >= 15 is 0 Å². The van der Waals surface area contributed by atoms with Crippen molar-refractivity contribution in [2.45, 2.75) is 0 Å². The van der Waals surface area contributed by atoms with Crippen LogP contribution in [0.1, 0.15) is 5.56 Å². The Bertz CT molecular complexity index is 543. The van der Waals surface area contributed by atoms with Gasteiger partial charge in [-0.1, -0.05) is 0 Å². The van der Waals surface area contributed by atoms with Crippen LogP contribution in [0.15, 0.2) is 48.5 Å². The van der Waals surface area contributed by atoms with E-state index in [4.69, 9.17) is 10.00 Å². The van der Waals surface area contributed by atoms with Crippen LogP contribution in [0.2, 0.25) is 0 Å². The van der Waals surface area contributed by atoms with Gasteiger partial charge in [-0.2, -0.15) is 0 Å². The van der Waals surface area contributed by atoms with Crippen molar-refractivity contribution >= 4 is 23.9 Å². The van der Waals surface area contributed by atoms with Crippen LogP contribution in [-0.4, -0.2) is 22.1 Å². The van der Waals surface area contributed by atoms with E-state index in [9.17, 15) is 0 Å². The van der Waals surface area contributed by atoms with Crippen molar-refractivity contribution in [3.63, 3.8) is 0 Å². The average molecular weight is 288 g/mol. The van der Waals surface area contributed by atoms with Gasteiger partial charge in [-0.05, 0) is 0 Å². The minimum absolute atomic E-state index is 0.165. The molecule has 2 aromatic rings. The molecule has 2 rings (SSSR count). The molecule has 0 aromatic heterocycles. The molecule has 0 aliphatic carbocycles. The molecule has 2 aromatic carbocycles. The Kier molecular flexibility index (Phi) is 3.82. The van der Waals surface area contributed by atoms with Crippen molar-refractivity contribution in [3.8, 4) is 11.8 Å². The van der Waals surface area contributed by atoms with Gasteiger partial charge in [0.15, 0.2) is 0 Å². The molecule has 0 spiro atoms. The van der Waals surface area contributed by atoms with Gasteiger partial charge >= 0.3 is 107 Å². The van der Waals surface area contributed by atoms with Crippen molar-refractivity contribution in [2.24, 2.45) is 0 Å². The number of hydrogen-bond donors (Lipinski definition) is 0. The summed E-state index contributed by atoms with van der Waals surface area (Å²) >= 11 is 0.165. The molecular formula is C14H11NOSe.